The maximum absolute atomic E-state index is 4.91. The van der Waals surface area contributed by atoms with Gasteiger partial charge in [-0.15, -0.1) is 0 Å². The first-order chi connectivity index (χ1) is 14.2. The highest BCUT2D eigenvalue weighted by atomic mass is 32.1. The van der Waals surface area contributed by atoms with Crippen LogP contribution in [-0.4, -0.2) is 22.5 Å². The van der Waals surface area contributed by atoms with Crippen LogP contribution in [-0.2, 0) is 19.3 Å². The van der Waals surface area contributed by atoms with Crippen molar-refractivity contribution in [2.24, 2.45) is 4.99 Å². The molecule has 0 atom stereocenters. The van der Waals surface area contributed by atoms with Crippen molar-refractivity contribution in [1.29, 1.82) is 0 Å². The fourth-order valence-electron chi connectivity index (χ4n) is 4.37. The summed E-state index contributed by atoms with van der Waals surface area (Å²) in [5, 5.41) is 9.19. The minimum Gasteiger partial charge on any atom is -0.292 e. The van der Waals surface area contributed by atoms with Gasteiger partial charge in [-0.25, -0.2) is 4.68 Å². The average Bonchev–Trinajstić information content (AvgIpc) is 3.41. The Morgan fingerprint density at radius 1 is 1.31 bits per heavy atom. The van der Waals surface area contributed by atoms with E-state index in [0.29, 0.717) is 0 Å². The minimum atomic E-state index is 1.01. The molecule has 29 heavy (non-hydrogen) atoms. The highest BCUT2D eigenvalue weighted by Crippen LogP contribution is 2.39. The molecule has 4 rings (SSSR count). The highest BCUT2D eigenvalue weighted by Gasteiger charge is 2.26. The van der Waals surface area contributed by atoms with Crippen molar-refractivity contribution < 1.29 is 0 Å². The zero-order valence-electron chi connectivity index (χ0n) is 17.7. The number of nitrogens with zero attached hydrogens (tertiary/aromatic N) is 3. The van der Waals surface area contributed by atoms with Crippen LogP contribution in [0.5, 0.6) is 0 Å². The maximum Gasteiger partial charge on any atom is 0.0888 e. The second-order valence-electron chi connectivity index (χ2n) is 7.60. The van der Waals surface area contributed by atoms with E-state index in [4.69, 9.17) is 5.10 Å². The molecule has 0 amide bonds. The SMILES string of the molecule is C=Cc1nn(-c2ccsc2)c2c1CCc1cc(CC)c(/C(CCCC)=N/C)cc1-2. The van der Waals surface area contributed by atoms with E-state index in [1.807, 2.05) is 13.1 Å². The molecule has 3 nitrogen and oxygen atoms in total. The Bertz CT molecular complexity index is 1050. The van der Waals surface area contributed by atoms with E-state index in [0.717, 1.165) is 37.1 Å². The molecule has 0 N–H and O–H groups in total. The normalized spacial score (nSPS) is 13.3. The first kappa shape index (κ1) is 19.8. The number of hydrogen-bond acceptors (Lipinski definition) is 3. The number of hydrogen-bond donors (Lipinski definition) is 0. The Balaban J connectivity index is 1.94. The van der Waals surface area contributed by atoms with Crippen LogP contribution in [0, 0.1) is 0 Å². The second-order valence-corrected chi connectivity index (χ2v) is 8.38. The van der Waals surface area contributed by atoms with Crippen LogP contribution < -0.4 is 0 Å². The van der Waals surface area contributed by atoms with Gasteiger partial charge < -0.3 is 0 Å². The summed E-state index contributed by atoms with van der Waals surface area (Å²) in [6.07, 6.45) is 8.39. The first-order valence-corrected chi connectivity index (χ1v) is 11.5. The molecule has 150 valence electrons. The van der Waals surface area contributed by atoms with Gasteiger partial charge in [0, 0.05) is 29.3 Å². The minimum absolute atomic E-state index is 1.01. The molecule has 0 unspecified atom stereocenters. The summed E-state index contributed by atoms with van der Waals surface area (Å²) in [5.41, 5.74) is 11.4. The Labute approximate surface area is 177 Å². The van der Waals surface area contributed by atoms with Gasteiger partial charge in [-0.1, -0.05) is 32.9 Å². The molecule has 1 aromatic carbocycles. The third-order valence-corrected chi connectivity index (χ3v) is 6.59. The average molecular weight is 404 g/mol. The van der Waals surface area contributed by atoms with Gasteiger partial charge in [-0.05, 0) is 72.4 Å². The van der Waals surface area contributed by atoms with Gasteiger partial charge in [-0.3, -0.25) is 4.99 Å². The number of unbranched alkanes of at least 4 members (excludes halogenated alkanes) is 1. The molecular weight excluding hydrogens is 374 g/mol. The van der Waals surface area contributed by atoms with E-state index < -0.39 is 0 Å². The summed E-state index contributed by atoms with van der Waals surface area (Å²) < 4.78 is 2.12. The summed E-state index contributed by atoms with van der Waals surface area (Å²) in [6, 6.07) is 6.95. The summed E-state index contributed by atoms with van der Waals surface area (Å²) in [4.78, 5) is 4.68. The van der Waals surface area contributed by atoms with Crippen molar-refractivity contribution in [3.63, 3.8) is 0 Å². The molecule has 3 aromatic rings. The van der Waals surface area contributed by atoms with Crippen LogP contribution in [0.4, 0.5) is 0 Å². The van der Waals surface area contributed by atoms with Crippen molar-refractivity contribution in [3.8, 4) is 16.9 Å². The highest BCUT2D eigenvalue weighted by molar-refractivity contribution is 7.08. The van der Waals surface area contributed by atoms with Crippen LogP contribution in [0.25, 0.3) is 23.0 Å². The fraction of sp³-hybridized carbons (Fsp3) is 0.360. The molecule has 0 saturated carbocycles. The monoisotopic (exact) mass is 403 g/mol. The van der Waals surface area contributed by atoms with Gasteiger partial charge in [-0.2, -0.15) is 16.4 Å². The van der Waals surface area contributed by atoms with Crippen LogP contribution in [0.3, 0.4) is 0 Å². The van der Waals surface area contributed by atoms with Crippen molar-refractivity contribution >= 4 is 23.1 Å². The van der Waals surface area contributed by atoms with Gasteiger partial charge >= 0.3 is 0 Å². The van der Waals surface area contributed by atoms with E-state index >= 15 is 0 Å². The molecule has 0 spiro atoms. The number of rotatable bonds is 7. The maximum atomic E-state index is 4.91. The molecular formula is C25H29N3S. The van der Waals surface area contributed by atoms with E-state index in [1.54, 1.807) is 11.3 Å². The molecule has 0 bridgehead atoms. The van der Waals surface area contributed by atoms with Crippen LogP contribution in [0.2, 0.25) is 0 Å². The molecule has 0 fully saturated rings. The van der Waals surface area contributed by atoms with Crippen LogP contribution >= 0.6 is 11.3 Å². The Morgan fingerprint density at radius 2 is 2.17 bits per heavy atom. The number of aromatic nitrogens is 2. The van der Waals surface area contributed by atoms with Crippen molar-refractivity contribution in [1.82, 2.24) is 9.78 Å². The Morgan fingerprint density at radius 3 is 2.83 bits per heavy atom. The van der Waals surface area contributed by atoms with Gasteiger partial charge in [0.15, 0.2) is 0 Å². The van der Waals surface area contributed by atoms with Crippen molar-refractivity contribution in [2.75, 3.05) is 7.05 Å². The zero-order chi connectivity index (χ0) is 20.4. The predicted octanol–water partition coefficient (Wildman–Crippen LogP) is 6.51. The number of aliphatic imine (C=N–C) groups is 1. The van der Waals surface area contributed by atoms with Gasteiger partial charge in [0.1, 0.15) is 0 Å². The molecule has 1 aliphatic carbocycles. The first-order valence-electron chi connectivity index (χ1n) is 10.6. The summed E-state index contributed by atoms with van der Waals surface area (Å²) in [5.74, 6) is 0. The summed E-state index contributed by atoms with van der Waals surface area (Å²) >= 11 is 1.70. The summed E-state index contributed by atoms with van der Waals surface area (Å²) in [7, 11) is 1.93. The van der Waals surface area contributed by atoms with Gasteiger partial charge in [0.25, 0.3) is 0 Å². The lowest BCUT2D eigenvalue weighted by Crippen LogP contribution is -2.12. The molecule has 1 aliphatic rings. The van der Waals surface area contributed by atoms with Crippen LogP contribution in [0.1, 0.15) is 61.1 Å². The quantitative estimate of drug-likeness (QED) is 0.413. The molecule has 4 heteroatoms. The standard InChI is InChI=1S/C25H29N3S/c1-5-8-9-24(26-4)21-15-22-18(14-17(21)6-2)10-11-20-23(7-3)27-28(25(20)22)19-12-13-29-16-19/h7,12-16H,3,5-6,8-11H2,1-2,4H3/b26-24+. The number of benzene rings is 1. The summed E-state index contributed by atoms with van der Waals surface area (Å²) in [6.45, 7) is 8.50. The van der Waals surface area contributed by atoms with E-state index in [9.17, 15) is 0 Å². The molecule has 0 saturated heterocycles. The zero-order valence-corrected chi connectivity index (χ0v) is 18.5. The predicted molar refractivity (Wildman–Crippen MR) is 126 cm³/mol. The van der Waals surface area contributed by atoms with E-state index in [1.165, 1.54) is 52.1 Å². The van der Waals surface area contributed by atoms with E-state index in [-0.39, 0.29) is 0 Å². The second kappa shape index (κ2) is 8.50. The van der Waals surface area contributed by atoms with Crippen molar-refractivity contribution in [2.45, 2.75) is 52.4 Å². The molecule has 2 heterocycles. The van der Waals surface area contributed by atoms with E-state index in [2.05, 4.69) is 59.1 Å². The molecule has 2 aromatic heterocycles. The number of fused-ring (bicyclic) bond motifs is 3. The number of aryl methyl sites for hydroxylation is 2. The third kappa shape index (κ3) is 3.51. The van der Waals surface area contributed by atoms with Gasteiger partial charge in [0.05, 0.1) is 17.1 Å². The smallest absolute Gasteiger partial charge is 0.0888 e. The molecule has 0 aliphatic heterocycles. The largest absolute Gasteiger partial charge is 0.292 e. The van der Waals surface area contributed by atoms with Crippen molar-refractivity contribution in [3.05, 3.63) is 63.5 Å². The lowest BCUT2D eigenvalue weighted by Gasteiger charge is -2.22. The lowest BCUT2D eigenvalue weighted by atomic mass is 9.84. The molecule has 0 radical (unpaired) electrons. The Hall–Kier alpha value is -2.46. The topological polar surface area (TPSA) is 30.2 Å². The number of thiophene rings is 1. The van der Waals surface area contributed by atoms with Gasteiger partial charge in [0.2, 0.25) is 0 Å². The fourth-order valence-corrected chi connectivity index (χ4v) is 4.99. The third-order valence-electron chi connectivity index (χ3n) is 5.92. The van der Waals surface area contributed by atoms with Crippen LogP contribution in [0.15, 0.2) is 40.5 Å². The Kier molecular flexibility index (Phi) is 5.81. The lowest BCUT2D eigenvalue weighted by molar-refractivity contribution is 0.833.